The molecule has 0 saturated heterocycles. The van der Waals surface area contributed by atoms with E-state index in [9.17, 15) is 43.2 Å². The fourth-order valence-corrected chi connectivity index (χ4v) is 1.87. The maximum Gasteiger partial charge on any atom is 0.534 e. The van der Waals surface area contributed by atoms with Gasteiger partial charge >= 0.3 is 31.3 Å². The fraction of sp³-hybridized carbons (Fsp3) is 0.667. The summed E-state index contributed by atoms with van der Waals surface area (Å²) in [5.74, 6) is -1.39. The minimum absolute atomic E-state index is 0.472. The molecule has 0 aromatic rings. The Morgan fingerprint density at radius 3 is 1.90 bits per heavy atom. The van der Waals surface area contributed by atoms with Crippen molar-refractivity contribution in [3.05, 3.63) is 11.8 Å². The van der Waals surface area contributed by atoms with E-state index in [1.165, 1.54) is 0 Å². The predicted octanol–water partition coefficient (Wildman–Crippen LogP) is 0.959. The molecule has 1 atom stereocenters. The molecule has 0 aromatic carbocycles. The number of halogens is 6. The molecule has 21 heavy (non-hydrogen) atoms. The number of hydrogen-bond acceptors (Lipinski definition) is 7. The Bertz CT molecular complexity index is 627. The van der Waals surface area contributed by atoms with Crippen molar-refractivity contribution < 1.29 is 56.3 Å². The molecule has 1 unspecified atom stereocenters. The Morgan fingerprint density at radius 1 is 1.00 bits per heavy atom. The van der Waals surface area contributed by atoms with Crippen LogP contribution in [0.5, 0.6) is 0 Å². The lowest BCUT2D eigenvalue weighted by Crippen LogP contribution is -2.33. The van der Waals surface area contributed by atoms with E-state index < -0.39 is 49.9 Å². The van der Waals surface area contributed by atoms with E-state index in [0.29, 0.717) is 6.08 Å². The molecule has 0 amide bonds. The Hall–Kier alpha value is -1.06. The fourth-order valence-electron chi connectivity index (χ4n) is 0.888. The maximum absolute atomic E-state index is 12.0. The van der Waals surface area contributed by atoms with Crippen LogP contribution in [0, 0.1) is 0 Å². The molecule has 0 radical (unpaired) electrons. The lowest BCUT2D eigenvalue weighted by atomic mass is 10.5. The average molecular weight is 366 g/mol. The lowest BCUT2D eigenvalue weighted by molar-refractivity contribution is -0.0870. The summed E-state index contributed by atoms with van der Waals surface area (Å²) in [5, 5.41) is 0. The Morgan fingerprint density at radius 2 is 1.48 bits per heavy atom. The largest absolute Gasteiger partial charge is 0.534 e. The molecule has 0 bridgehead atoms. The van der Waals surface area contributed by atoms with Gasteiger partial charge in [0.15, 0.2) is 5.76 Å². The van der Waals surface area contributed by atoms with Gasteiger partial charge in [0.05, 0.1) is 6.61 Å². The van der Waals surface area contributed by atoms with E-state index in [1.54, 1.807) is 0 Å². The molecule has 0 aliphatic carbocycles. The predicted molar refractivity (Wildman–Crippen MR) is 49.9 cm³/mol. The third-order valence-electron chi connectivity index (χ3n) is 1.75. The highest BCUT2D eigenvalue weighted by Crippen LogP contribution is 2.32. The second-order valence-corrected chi connectivity index (χ2v) is 6.35. The van der Waals surface area contributed by atoms with Crippen LogP contribution in [0.2, 0.25) is 0 Å². The van der Waals surface area contributed by atoms with Crippen LogP contribution >= 0.6 is 0 Å². The highest BCUT2D eigenvalue weighted by atomic mass is 32.2. The van der Waals surface area contributed by atoms with Crippen LogP contribution in [0.15, 0.2) is 11.8 Å². The number of alkyl halides is 6. The summed E-state index contributed by atoms with van der Waals surface area (Å²) in [4.78, 5) is 0. The van der Waals surface area contributed by atoms with Crippen LogP contribution in [0.25, 0.3) is 0 Å². The summed E-state index contributed by atoms with van der Waals surface area (Å²) in [7, 11) is -12.4. The van der Waals surface area contributed by atoms with Crippen LogP contribution < -0.4 is 0 Å². The first kappa shape index (κ1) is 18.0. The van der Waals surface area contributed by atoms with Gasteiger partial charge in [0.1, 0.15) is 0 Å². The van der Waals surface area contributed by atoms with E-state index in [0.717, 1.165) is 0 Å². The number of rotatable bonds is 4. The minimum Gasteiger partial charge on any atom is -0.375 e. The normalized spacial score (nSPS) is 21.2. The Balaban J connectivity index is 2.93. The number of ether oxygens (including phenoxy) is 1. The standard InChI is InChI=1S/C6H4F6O7S2/c7-5(8,9)20(13,14)18-3-1-2-17-4(3)19-21(15,16)6(10,11)12/h1,4H,2H2. The van der Waals surface area contributed by atoms with Crippen molar-refractivity contribution in [1.82, 2.24) is 0 Å². The molecule has 124 valence electrons. The zero-order valence-corrected chi connectivity index (χ0v) is 10.9. The molecule has 0 saturated carbocycles. The van der Waals surface area contributed by atoms with Crippen molar-refractivity contribution in [3.63, 3.8) is 0 Å². The van der Waals surface area contributed by atoms with Gasteiger partial charge in [0.2, 0.25) is 6.29 Å². The van der Waals surface area contributed by atoms with Crippen molar-refractivity contribution in [3.8, 4) is 0 Å². The van der Waals surface area contributed by atoms with Gasteiger partial charge in [-0.2, -0.15) is 43.2 Å². The van der Waals surface area contributed by atoms with Gasteiger partial charge in [-0.25, -0.2) is 4.18 Å². The van der Waals surface area contributed by atoms with Crippen molar-refractivity contribution >= 4 is 20.2 Å². The second-order valence-electron chi connectivity index (χ2n) is 3.25. The van der Waals surface area contributed by atoms with Gasteiger partial charge < -0.3 is 8.92 Å². The minimum atomic E-state index is -6.23. The van der Waals surface area contributed by atoms with Gasteiger partial charge in [-0.3, -0.25) is 0 Å². The van der Waals surface area contributed by atoms with Gasteiger partial charge in [-0.1, -0.05) is 0 Å². The number of hydrogen-bond donors (Lipinski definition) is 0. The van der Waals surface area contributed by atoms with Crippen molar-refractivity contribution in [1.29, 1.82) is 0 Å². The molecule has 0 spiro atoms. The molecule has 0 aromatic heterocycles. The molecular weight excluding hydrogens is 362 g/mol. The molecule has 1 aliphatic heterocycles. The third kappa shape index (κ3) is 3.98. The van der Waals surface area contributed by atoms with Crippen LogP contribution in [0.4, 0.5) is 26.3 Å². The first-order chi connectivity index (χ1) is 9.17. The molecule has 15 heteroatoms. The Kier molecular flexibility index (Phi) is 4.53. The summed E-state index contributed by atoms with van der Waals surface area (Å²) in [5.41, 5.74) is -11.8. The molecular formula is C6H4F6O7S2. The summed E-state index contributed by atoms with van der Waals surface area (Å²) in [6.45, 7) is -0.721. The van der Waals surface area contributed by atoms with E-state index in [1.807, 2.05) is 0 Å². The SMILES string of the molecule is O=S(=O)(OC1=CCOC1OS(=O)(=O)C(F)(F)F)C(F)(F)F. The van der Waals surface area contributed by atoms with Crippen LogP contribution in [-0.2, 0) is 33.3 Å². The zero-order chi connectivity index (χ0) is 16.7. The molecule has 7 nitrogen and oxygen atoms in total. The monoisotopic (exact) mass is 366 g/mol. The van der Waals surface area contributed by atoms with Crippen LogP contribution in [0.3, 0.4) is 0 Å². The molecule has 1 heterocycles. The average Bonchev–Trinajstić information content (AvgIpc) is 2.60. The van der Waals surface area contributed by atoms with Gasteiger partial charge in [0, 0.05) is 0 Å². The topological polar surface area (TPSA) is 96.0 Å². The van der Waals surface area contributed by atoms with Gasteiger partial charge in [-0.05, 0) is 6.08 Å². The van der Waals surface area contributed by atoms with E-state index in [2.05, 4.69) is 13.1 Å². The summed E-state index contributed by atoms with van der Waals surface area (Å²) < 4.78 is 126. The maximum atomic E-state index is 12.0. The molecule has 0 N–H and O–H groups in total. The summed E-state index contributed by atoms with van der Waals surface area (Å²) in [6, 6.07) is 0. The smallest absolute Gasteiger partial charge is 0.375 e. The highest BCUT2D eigenvalue weighted by molar-refractivity contribution is 7.88. The van der Waals surface area contributed by atoms with E-state index >= 15 is 0 Å². The third-order valence-corrected chi connectivity index (χ3v) is 3.73. The molecule has 0 fully saturated rings. The highest BCUT2D eigenvalue weighted by Gasteiger charge is 2.52. The molecule has 1 aliphatic rings. The second kappa shape index (κ2) is 5.29. The first-order valence-corrected chi connectivity index (χ1v) is 7.31. The van der Waals surface area contributed by atoms with E-state index in [-0.39, 0.29) is 0 Å². The first-order valence-electron chi connectivity index (χ1n) is 4.49. The van der Waals surface area contributed by atoms with Crippen LogP contribution in [0.1, 0.15) is 0 Å². The molecule has 1 rings (SSSR count). The summed E-state index contributed by atoms with van der Waals surface area (Å²) in [6.07, 6.45) is -2.13. The lowest BCUT2D eigenvalue weighted by Gasteiger charge is -2.17. The Labute approximate surface area is 113 Å². The van der Waals surface area contributed by atoms with Crippen molar-refractivity contribution in [2.75, 3.05) is 6.61 Å². The van der Waals surface area contributed by atoms with Gasteiger partial charge in [0.25, 0.3) is 0 Å². The summed E-state index contributed by atoms with van der Waals surface area (Å²) >= 11 is 0. The van der Waals surface area contributed by atoms with Gasteiger partial charge in [-0.15, -0.1) is 0 Å². The quantitative estimate of drug-likeness (QED) is 0.415. The van der Waals surface area contributed by atoms with Crippen molar-refractivity contribution in [2.24, 2.45) is 0 Å². The zero-order valence-electron chi connectivity index (χ0n) is 9.30. The van der Waals surface area contributed by atoms with Crippen molar-refractivity contribution in [2.45, 2.75) is 17.3 Å². The van der Waals surface area contributed by atoms with E-state index in [4.69, 9.17) is 0 Å². The van der Waals surface area contributed by atoms with Crippen LogP contribution in [-0.4, -0.2) is 40.7 Å².